The van der Waals surface area contributed by atoms with Crippen molar-refractivity contribution >= 4 is 10.0 Å². The van der Waals surface area contributed by atoms with Crippen LogP contribution in [0.2, 0.25) is 0 Å². The van der Waals surface area contributed by atoms with Gasteiger partial charge >= 0.3 is 0 Å². The Morgan fingerprint density at radius 1 is 1.22 bits per heavy atom. The molecule has 7 heteroatoms. The summed E-state index contributed by atoms with van der Waals surface area (Å²) in [5.41, 5.74) is 0. The topological polar surface area (TPSA) is 68.4 Å². The molecule has 2 fully saturated rings. The Kier molecular flexibility index (Phi) is 3.14. The lowest BCUT2D eigenvalue weighted by atomic mass is 10.1. The predicted molar refractivity (Wildman–Crippen MR) is 67.8 cm³/mol. The van der Waals surface area contributed by atoms with Gasteiger partial charge in [0.1, 0.15) is 0 Å². The van der Waals surface area contributed by atoms with Crippen molar-refractivity contribution in [1.29, 1.82) is 0 Å². The Morgan fingerprint density at radius 3 is 2.56 bits per heavy atom. The van der Waals surface area contributed by atoms with E-state index in [9.17, 15) is 8.42 Å². The highest BCUT2D eigenvalue weighted by Crippen LogP contribution is 2.24. The Balaban J connectivity index is 1.62. The Bertz CT molecular complexity index is 487. The van der Waals surface area contributed by atoms with E-state index in [0.717, 1.165) is 26.2 Å². The minimum atomic E-state index is -3.27. The van der Waals surface area contributed by atoms with Crippen molar-refractivity contribution < 1.29 is 8.42 Å². The van der Waals surface area contributed by atoms with Crippen molar-refractivity contribution in [2.45, 2.75) is 10.9 Å². The molecule has 2 aliphatic rings. The van der Waals surface area contributed by atoms with Crippen molar-refractivity contribution in [2.24, 2.45) is 0 Å². The summed E-state index contributed by atoms with van der Waals surface area (Å²) in [6.45, 7) is 5.27. The summed E-state index contributed by atoms with van der Waals surface area (Å²) in [5, 5.41) is 3.30. The van der Waals surface area contributed by atoms with Gasteiger partial charge in [0.2, 0.25) is 10.0 Å². The van der Waals surface area contributed by atoms with E-state index in [2.05, 4.69) is 15.2 Å². The van der Waals surface area contributed by atoms with Crippen LogP contribution in [0.3, 0.4) is 0 Å². The van der Waals surface area contributed by atoms with Crippen molar-refractivity contribution in [3.8, 4) is 0 Å². The molecule has 0 radical (unpaired) electrons. The molecule has 3 rings (SSSR count). The number of aromatic amines is 1. The van der Waals surface area contributed by atoms with Crippen LogP contribution in [0.5, 0.6) is 0 Å². The van der Waals surface area contributed by atoms with E-state index in [1.165, 1.54) is 6.20 Å². The highest BCUT2D eigenvalue weighted by molar-refractivity contribution is 7.89. The SMILES string of the molecule is O=S(=O)(c1cc[nH]c1)N1CC(N2CCNCC2)C1. The van der Waals surface area contributed by atoms with Gasteiger partial charge < -0.3 is 10.3 Å². The van der Waals surface area contributed by atoms with E-state index in [4.69, 9.17) is 0 Å². The first kappa shape index (κ1) is 12.2. The molecular weight excluding hydrogens is 252 g/mol. The fourth-order valence-electron chi connectivity index (χ4n) is 2.51. The standard InChI is InChI=1S/C11H18N4O2S/c16-18(17,11-1-2-13-7-11)15-8-10(9-15)14-5-3-12-4-6-14/h1-2,7,10,12-13H,3-6,8-9H2. The third-order valence-electron chi connectivity index (χ3n) is 3.70. The summed E-state index contributed by atoms with van der Waals surface area (Å²) >= 11 is 0. The van der Waals surface area contributed by atoms with Crippen LogP contribution >= 0.6 is 0 Å². The van der Waals surface area contributed by atoms with Crippen LogP contribution < -0.4 is 5.32 Å². The minimum Gasteiger partial charge on any atom is -0.366 e. The van der Waals surface area contributed by atoms with E-state index in [-0.39, 0.29) is 0 Å². The van der Waals surface area contributed by atoms with Gasteiger partial charge in [-0.3, -0.25) is 4.90 Å². The molecular formula is C11H18N4O2S. The Morgan fingerprint density at radius 2 is 1.94 bits per heavy atom. The van der Waals surface area contributed by atoms with E-state index in [1.807, 2.05) is 0 Å². The number of rotatable bonds is 3. The van der Waals surface area contributed by atoms with Gasteiger partial charge in [-0.05, 0) is 6.07 Å². The summed E-state index contributed by atoms with van der Waals surface area (Å²) in [6, 6.07) is 1.99. The number of nitrogens with one attached hydrogen (secondary N) is 2. The number of H-pyrrole nitrogens is 1. The number of sulfonamides is 1. The van der Waals surface area contributed by atoms with Gasteiger partial charge in [-0.25, -0.2) is 8.42 Å². The maximum Gasteiger partial charge on any atom is 0.244 e. The average molecular weight is 270 g/mol. The molecule has 2 aliphatic heterocycles. The van der Waals surface area contributed by atoms with Crippen molar-refractivity contribution in [3.63, 3.8) is 0 Å². The van der Waals surface area contributed by atoms with Crippen LogP contribution in [0.15, 0.2) is 23.4 Å². The third-order valence-corrected chi connectivity index (χ3v) is 5.53. The van der Waals surface area contributed by atoms with Gasteiger partial charge in [-0.2, -0.15) is 4.31 Å². The fourth-order valence-corrected chi connectivity index (χ4v) is 4.00. The molecule has 0 spiro atoms. The first-order valence-corrected chi connectivity index (χ1v) is 7.69. The lowest BCUT2D eigenvalue weighted by Gasteiger charge is -2.45. The number of hydrogen-bond donors (Lipinski definition) is 2. The second-order valence-electron chi connectivity index (χ2n) is 4.81. The van der Waals surface area contributed by atoms with Crippen LogP contribution in [0.1, 0.15) is 0 Å². The summed E-state index contributed by atoms with van der Waals surface area (Å²) in [5.74, 6) is 0. The molecule has 3 heterocycles. The number of nitrogens with zero attached hydrogens (tertiary/aromatic N) is 2. The van der Waals surface area contributed by atoms with E-state index >= 15 is 0 Å². The summed E-state index contributed by atoms with van der Waals surface area (Å²) in [6.07, 6.45) is 3.17. The van der Waals surface area contributed by atoms with E-state index in [0.29, 0.717) is 24.0 Å². The molecule has 0 unspecified atom stereocenters. The molecule has 0 aliphatic carbocycles. The Hall–Kier alpha value is -0.890. The Labute approximate surface area is 107 Å². The molecule has 0 aromatic carbocycles. The van der Waals surface area contributed by atoms with Crippen molar-refractivity contribution in [2.75, 3.05) is 39.3 Å². The van der Waals surface area contributed by atoms with Gasteiger partial charge in [-0.15, -0.1) is 0 Å². The summed E-state index contributed by atoms with van der Waals surface area (Å²) in [7, 11) is -3.27. The highest BCUT2D eigenvalue weighted by Gasteiger charge is 2.39. The second kappa shape index (κ2) is 4.65. The number of aromatic nitrogens is 1. The fraction of sp³-hybridized carbons (Fsp3) is 0.636. The highest BCUT2D eigenvalue weighted by atomic mass is 32.2. The van der Waals surface area contributed by atoms with Crippen molar-refractivity contribution in [3.05, 3.63) is 18.5 Å². The van der Waals surface area contributed by atoms with Crippen molar-refractivity contribution in [1.82, 2.24) is 19.5 Å². The zero-order chi connectivity index (χ0) is 12.6. The minimum absolute atomic E-state index is 0.362. The first-order valence-electron chi connectivity index (χ1n) is 6.25. The van der Waals surface area contributed by atoms with Gasteiger partial charge in [0.05, 0.1) is 4.90 Å². The molecule has 100 valence electrons. The molecule has 1 aromatic rings. The summed E-state index contributed by atoms with van der Waals surface area (Å²) < 4.78 is 25.9. The summed E-state index contributed by atoms with van der Waals surface area (Å²) in [4.78, 5) is 5.53. The van der Waals surface area contributed by atoms with Gasteiger partial charge in [-0.1, -0.05) is 0 Å². The average Bonchev–Trinajstić information content (AvgIpc) is 2.82. The van der Waals surface area contributed by atoms with Crippen LogP contribution in [0, 0.1) is 0 Å². The zero-order valence-corrected chi connectivity index (χ0v) is 11.0. The number of hydrogen-bond acceptors (Lipinski definition) is 4. The van der Waals surface area contributed by atoms with Crippen LogP contribution in [-0.2, 0) is 10.0 Å². The molecule has 18 heavy (non-hydrogen) atoms. The molecule has 0 saturated carbocycles. The van der Waals surface area contributed by atoms with Gasteiger partial charge in [0, 0.05) is 57.7 Å². The molecule has 1 aromatic heterocycles. The molecule has 0 atom stereocenters. The lowest BCUT2D eigenvalue weighted by Crippen LogP contribution is -2.63. The molecule has 0 bridgehead atoms. The van der Waals surface area contributed by atoms with E-state index < -0.39 is 10.0 Å². The lowest BCUT2D eigenvalue weighted by molar-refractivity contribution is 0.0773. The first-order chi connectivity index (χ1) is 8.68. The van der Waals surface area contributed by atoms with Crippen LogP contribution in [-0.4, -0.2) is 67.9 Å². The molecule has 6 nitrogen and oxygen atoms in total. The third kappa shape index (κ3) is 2.07. The molecule has 2 N–H and O–H groups in total. The van der Waals surface area contributed by atoms with Crippen LogP contribution in [0.4, 0.5) is 0 Å². The van der Waals surface area contributed by atoms with Crippen LogP contribution in [0.25, 0.3) is 0 Å². The number of piperazine rings is 1. The molecule has 2 saturated heterocycles. The molecule has 0 amide bonds. The smallest absolute Gasteiger partial charge is 0.244 e. The quantitative estimate of drug-likeness (QED) is 0.761. The van der Waals surface area contributed by atoms with E-state index in [1.54, 1.807) is 16.6 Å². The normalized spacial score (nSPS) is 24.0. The van der Waals surface area contributed by atoms with Gasteiger partial charge in [0.25, 0.3) is 0 Å². The predicted octanol–water partition coefficient (Wildman–Crippen LogP) is -0.707. The zero-order valence-electron chi connectivity index (χ0n) is 10.2. The largest absolute Gasteiger partial charge is 0.366 e. The van der Waals surface area contributed by atoms with Gasteiger partial charge in [0.15, 0.2) is 0 Å². The second-order valence-corrected chi connectivity index (χ2v) is 6.75. The monoisotopic (exact) mass is 270 g/mol. The maximum atomic E-state index is 12.2. The maximum absolute atomic E-state index is 12.2.